The quantitative estimate of drug-likeness (QED) is 0.345. The average Bonchev–Trinajstić information content (AvgIpc) is 3.21. The van der Waals surface area contributed by atoms with Crippen molar-refractivity contribution in [3.8, 4) is 10.4 Å². The Balaban J connectivity index is 0.000000340. The number of carbonyl (C=O) groups excluding carboxylic acids is 1. The first kappa shape index (κ1) is 27.0. The Morgan fingerprint density at radius 1 is 1.12 bits per heavy atom. The smallest absolute Gasteiger partial charge is 0.155 e. The highest BCUT2D eigenvalue weighted by atomic mass is 32.1. The van der Waals surface area contributed by atoms with Gasteiger partial charge in [0, 0.05) is 30.9 Å². The Hall–Kier alpha value is -3.25. The minimum Gasteiger partial charge on any atom is -0.388 e. The molecule has 0 saturated heterocycles. The van der Waals surface area contributed by atoms with Crippen LogP contribution in [0, 0.1) is 18.6 Å². The number of aryl methyl sites for hydroxylation is 1. The molecule has 0 atom stereocenters. The fourth-order valence-corrected chi connectivity index (χ4v) is 4.61. The molecule has 34 heavy (non-hydrogen) atoms. The lowest BCUT2D eigenvalue weighted by molar-refractivity contribution is 0.111. The fourth-order valence-electron chi connectivity index (χ4n) is 3.32. The van der Waals surface area contributed by atoms with Crippen LogP contribution in [-0.2, 0) is 0 Å². The number of aldehydes is 1. The van der Waals surface area contributed by atoms with E-state index in [2.05, 4.69) is 87.6 Å². The van der Waals surface area contributed by atoms with E-state index in [0.717, 1.165) is 24.2 Å². The third-order valence-electron chi connectivity index (χ3n) is 5.35. The maximum Gasteiger partial charge on any atom is 0.155 e. The van der Waals surface area contributed by atoms with Crippen LogP contribution in [0.2, 0.25) is 0 Å². The summed E-state index contributed by atoms with van der Waals surface area (Å²) in [7, 11) is 4.08. The number of nitrogens with one attached hydrogen (secondary N) is 1. The highest BCUT2D eigenvalue weighted by molar-refractivity contribution is 7.16. The Labute approximate surface area is 205 Å². The topological polar surface area (TPSA) is 32.3 Å². The van der Waals surface area contributed by atoms with Crippen LogP contribution in [-0.4, -0.2) is 25.3 Å². The highest BCUT2D eigenvalue weighted by Gasteiger charge is 2.13. The number of carbonyl (C=O) groups is 1. The molecule has 0 radical (unpaired) electrons. The molecule has 0 fully saturated rings. The van der Waals surface area contributed by atoms with Crippen molar-refractivity contribution in [2.75, 3.05) is 19.4 Å². The lowest BCUT2D eigenvalue weighted by atomic mass is 10.1. The second-order valence-electron chi connectivity index (χ2n) is 7.82. The molecule has 6 heteroatoms. The summed E-state index contributed by atoms with van der Waals surface area (Å²) in [5.41, 5.74) is 5.88. The van der Waals surface area contributed by atoms with Crippen LogP contribution >= 0.6 is 11.3 Å². The number of rotatable bonds is 7. The molecule has 0 aliphatic rings. The van der Waals surface area contributed by atoms with E-state index in [9.17, 15) is 13.6 Å². The molecule has 1 N–H and O–H groups in total. The van der Waals surface area contributed by atoms with Crippen molar-refractivity contribution < 1.29 is 13.6 Å². The van der Waals surface area contributed by atoms with Gasteiger partial charge in [-0.05, 0) is 68.7 Å². The van der Waals surface area contributed by atoms with Gasteiger partial charge in [-0.15, -0.1) is 11.3 Å². The van der Waals surface area contributed by atoms with Gasteiger partial charge >= 0.3 is 0 Å². The van der Waals surface area contributed by atoms with E-state index < -0.39 is 17.2 Å². The molecule has 0 bridgehead atoms. The van der Waals surface area contributed by atoms with Gasteiger partial charge in [0.2, 0.25) is 0 Å². The number of nitrogens with zero attached hydrogens (tertiary/aromatic N) is 1. The summed E-state index contributed by atoms with van der Waals surface area (Å²) < 4.78 is 24.8. The molecule has 2 aromatic carbocycles. The molecular weight excluding hydrogens is 450 g/mol. The number of anilines is 1. The standard InChI is InChI=1S/C21H28N2S.C7H4F2O/c1-7-15(3)14-23(6)19(8-2)20-13-16(4)21(24-20)17-9-11-18(22-5)12-10-17;8-6-2-1-3-7(9)5(6)4-10/h8-14,22H,7H2,1-6H3;1-4H/b15-14+,19-8-;. The van der Waals surface area contributed by atoms with Crippen LogP contribution in [0.1, 0.15) is 48.0 Å². The lowest BCUT2D eigenvalue weighted by Crippen LogP contribution is -2.08. The predicted octanol–water partition coefficient (Wildman–Crippen LogP) is 8.15. The molecular formula is C28H32F2N2OS. The third-order valence-corrected chi connectivity index (χ3v) is 6.66. The van der Waals surface area contributed by atoms with Crippen LogP contribution in [0.25, 0.3) is 16.1 Å². The predicted molar refractivity (Wildman–Crippen MR) is 141 cm³/mol. The first-order valence-electron chi connectivity index (χ1n) is 11.1. The summed E-state index contributed by atoms with van der Waals surface area (Å²) in [6, 6.07) is 14.2. The maximum absolute atomic E-state index is 12.4. The van der Waals surface area contributed by atoms with Crippen LogP contribution in [0.3, 0.4) is 0 Å². The monoisotopic (exact) mass is 482 g/mol. The molecule has 0 unspecified atom stereocenters. The normalized spacial score (nSPS) is 11.5. The van der Waals surface area contributed by atoms with Crippen molar-refractivity contribution in [2.45, 2.75) is 34.1 Å². The van der Waals surface area contributed by atoms with Crippen LogP contribution in [0.5, 0.6) is 0 Å². The Bertz CT molecular complexity index is 1140. The molecule has 3 aromatic rings. The van der Waals surface area contributed by atoms with E-state index in [0.29, 0.717) is 0 Å². The van der Waals surface area contributed by atoms with Crippen molar-refractivity contribution in [3.63, 3.8) is 0 Å². The van der Waals surface area contributed by atoms with Gasteiger partial charge in [0.15, 0.2) is 6.29 Å². The van der Waals surface area contributed by atoms with Crippen molar-refractivity contribution in [1.29, 1.82) is 0 Å². The Morgan fingerprint density at radius 2 is 1.74 bits per heavy atom. The van der Waals surface area contributed by atoms with Gasteiger partial charge in [-0.2, -0.15) is 0 Å². The van der Waals surface area contributed by atoms with Crippen molar-refractivity contribution in [3.05, 3.63) is 94.0 Å². The molecule has 1 heterocycles. The minimum absolute atomic E-state index is 0.157. The number of hydrogen-bond acceptors (Lipinski definition) is 4. The van der Waals surface area contributed by atoms with E-state index in [1.54, 1.807) is 0 Å². The molecule has 180 valence electrons. The van der Waals surface area contributed by atoms with Crippen molar-refractivity contribution in [2.24, 2.45) is 0 Å². The molecule has 3 nitrogen and oxygen atoms in total. The molecule has 1 aromatic heterocycles. The zero-order valence-electron chi connectivity index (χ0n) is 20.6. The van der Waals surface area contributed by atoms with Crippen LogP contribution in [0.4, 0.5) is 14.5 Å². The average molecular weight is 483 g/mol. The maximum atomic E-state index is 12.4. The first-order chi connectivity index (χ1) is 16.2. The van der Waals surface area contributed by atoms with Crippen molar-refractivity contribution >= 4 is 29.0 Å². The Kier molecular flexibility index (Phi) is 10.2. The molecule has 0 aliphatic heterocycles. The lowest BCUT2D eigenvalue weighted by Gasteiger charge is -2.18. The second-order valence-corrected chi connectivity index (χ2v) is 8.87. The summed E-state index contributed by atoms with van der Waals surface area (Å²) in [6.07, 6.45) is 5.66. The van der Waals surface area contributed by atoms with Gasteiger partial charge in [0.05, 0.1) is 16.1 Å². The molecule has 0 aliphatic carbocycles. The van der Waals surface area contributed by atoms with E-state index in [1.165, 1.54) is 38.2 Å². The van der Waals surface area contributed by atoms with Gasteiger partial charge in [-0.25, -0.2) is 8.78 Å². The molecule has 0 amide bonds. The van der Waals surface area contributed by atoms with Crippen molar-refractivity contribution in [1.82, 2.24) is 4.90 Å². The summed E-state index contributed by atoms with van der Waals surface area (Å²) in [6.45, 7) is 8.68. The highest BCUT2D eigenvalue weighted by Crippen LogP contribution is 2.37. The fraction of sp³-hybridized carbons (Fsp3) is 0.250. The number of benzene rings is 2. The second kappa shape index (κ2) is 12.8. The SMILES string of the molecule is C/C=C(/c1cc(C)c(-c2ccc(NC)cc2)s1)N(C)/C=C(\C)CC.O=Cc1c(F)cccc1F. The molecule has 3 rings (SSSR count). The molecule has 0 spiro atoms. The minimum atomic E-state index is -0.824. The van der Waals surface area contributed by atoms with E-state index in [4.69, 9.17) is 0 Å². The molecule has 0 saturated carbocycles. The number of thiophene rings is 1. The van der Waals surface area contributed by atoms with Gasteiger partial charge in [0.25, 0.3) is 0 Å². The summed E-state index contributed by atoms with van der Waals surface area (Å²) in [5.74, 6) is -1.65. The van der Waals surface area contributed by atoms with E-state index >= 15 is 0 Å². The summed E-state index contributed by atoms with van der Waals surface area (Å²) in [4.78, 5) is 14.9. The van der Waals surface area contributed by atoms with Crippen LogP contribution < -0.4 is 5.32 Å². The first-order valence-corrected chi connectivity index (χ1v) is 11.9. The van der Waals surface area contributed by atoms with Gasteiger partial charge in [-0.1, -0.05) is 36.8 Å². The number of allylic oxidation sites excluding steroid dienone is 2. The zero-order chi connectivity index (χ0) is 25.3. The summed E-state index contributed by atoms with van der Waals surface area (Å²) in [5, 5.41) is 3.17. The van der Waals surface area contributed by atoms with Crippen LogP contribution in [0.15, 0.2) is 66.4 Å². The largest absolute Gasteiger partial charge is 0.388 e. The third kappa shape index (κ3) is 6.87. The summed E-state index contributed by atoms with van der Waals surface area (Å²) >= 11 is 1.86. The van der Waals surface area contributed by atoms with E-state index in [-0.39, 0.29) is 6.29 Å². The van der Waals surface area contributed by atoms with Gasteiger partial charge in [0.1, 0.15) is 11.6 Å². The number of halogens is 2. The number of hydrogen-bond donors (Lipinski definition) is 1. The zero-order valence-corrected chi connectivity index (χ0v) is 21.4. The van der Waals surface area contributed by atoms with Gasteiger partial charge < -0.3 is 10.2 Å². The van der Waals surface area contributed by atoms with Gasteiger partial charge in [-0.3, -0.25) is 4.79 Å². The van der Waals surface area contributed by atoms with E-state index in [1.807, 2.05) is 18.4 Å². The Morgan fingerprint density at radius 3 is 2.21 bits per heavy atom.